The van der Waals surface area contributed by atoms with Gasteiger partial charge in [0.05, 0.1) is 19.0 Å². The topological polar surface area (TPSA) is 65.0 Å². The molecule has 6 nitrogen and oxygen atoms in total. The van der Waals surface area contributed by atoms with Gasteiger partial charge in [0.1, 0.15) is 12.4 Å². The van der Waals surface area contributed by atoms with E-state index in [-0.39, 0.29) is 48.7 Å². The number of halogens is 2. The molecule has 1 fully saturated rings. The SMILES string of the molecule is [2H]C1=C(OC[C@@H]2CCCN2C(=O)NCc2cccc(F)c2Cl)N(O)CC=C1. The van der Waals surface area contributed by atoms with Crippen molar-refractivity contribution in [3.63, 3.8) is 0 Å². The number of allylic oxidation sites excluding steroid dienone is 2. The molecule has 0 spiro atoms. The molecule has 1 aromatic carbocycles. The third-order valence-corrected chi connectivity index (χ3v) is 4.77. The highest BCUT2D eigenvalue weighted by Crippen LogP contribution is 2.21. The van der Waals surface area contributed by atoms with E-state index < -0.39 is 5.82 Å². The van der Waals surface area contributed by atoms with Gasteiger partial charge in [-0.25, -0.2) is 14.2 Å². The zero-order valence-corrected chi connectivity index (χ0v) is 14.9. The summed E-state index contributed by atoms with van der Waals surface area (Å²) in [6, 6.07) is 4.09. The van der Waals surface area contributed by atoms with E-state index >= 15 is 0 Å². The fraction of sp³-hybridized carbons (Fsp3) is 0.389. The quantitative estimate of drug-likeness (QED) is 0.820. The van der Waals surface area contributed by atoms with Gasteiger partial charge in [0.15, 0.2) is 0 Å². The maximum Gasteiger partial charge on any atom is 0.318 e. The molecule has 0 aromatic heterocycles. The second-order valence-corrected chi connectivity index (χ2v) is 6.48. The fourth-order valence-electron chi connectivity index (χ4n) is 2.97. The molecule has 2 aliphatic heterocycles. The predicted molar refractivity (Wildman–Crippen MR) is 95.0 cm³/mol. The molecule has 2 amide bonds. The minimum absolute atomic E-state index is 0.00223. The average molecular weight is 383 g/mol. The molecule has 2 N–H and O–H groups in total. The van der Waals surface area contributed by atoms with Crippen molar-refractivity contribution in [2.75, 3.05) is 19.7 Å². The van der Waals surface area contributed by atoms with Crippen LogP contribution >= 0.6 is 11.6 Å². The Hall–Kier alpha value is -2.25. The van der Waals surface area contributed by atoms with Crippen molar-refractivity contribution < 1.29 is 20.5 Å². The molecule has 26 heavy (non-hydrogen) atoms. The van der Waals surface area contributed by atoms with E-state index in [1.807, 2.05) is 0 Å². The average Bonchev–Trinajstić information content (AvgIpc) is 3.11. The fourth-order valence-corrected chi connectivity index (χ4v) is 3.16. The van der Waals surface area contributed by atoms with Gasteiger partial charge >= 0.3 is 6.03 Å². The first-order chi connectivity index (χ1) is 13.0. The second-order valence-electron chi connectivity index (χ2n) is 6.11. The molecule has 8 heteroatoms. The summed E-state index contributed by atoms with van der Waals surface area (Å²) in [5.74, 6) is -0.443. The van der Waals surface area contributed by atoms with Crippen LogP contribution < -0.4 is 5.32 Å². The number of hydrogen-bond donors (Lipinski definition) is 2. The Kier molecular flexibility index (Phi) is 5.56. The predicted octanol–water partition coefficient (Wildman–Crippen LogP) is 3.27. The lowest BCUT2D eigenvalue weighted by molar-refractivity contribution is -0.103. The van der Waals surface area contributed by atoms with Gasteiger partial charge in [0, 0.05) is 19.1 Å². The first-order valence-electron chi connectivity index (χ1n) is 8.91. The van der Waals surface area contributed by atoms with Crippen molar-refractivity contribution >= 4 is 17.6 Å². The largest absolute Gasteiger partial charge is 0.475 e. The molecule has 140 valence electrons. The molecular weight excluding hydrogens is 361 g/mol. The molecule has 2 heterocycles. The summed E-state index contributed by atoms with van der Waals surface area (Å²) in [7, 11) is 0. The zero-order valence-electron chi connectivity index (χ0n) is 15.1. The highest BCUT2D eigenvalue weighted by atomic mass is 35.5. The van der Waals surface area contributed by atoms with Crippen molar-refractivity contribution in [1.29, 1.82) is 0 Å². The van der Waals surface area contributed by atoms with Gasteiger partial charge in [-0.15, -0.1) is 0 Å². The molecule has 0 aliphatic carbocycles. The minimum Gasteiger partial charge on any atom is -0.475 e. The number of nitrogens with zero attached hydrogens (tertiary/aromatic N) is 2. The summed E-state index contributed by atoms with van der Waals surface area (Å²) in [6.07, 6.45) is 4.81. The van der Waals surface area contributed by atoms with Gasteiger partial charge in [-0.1, -0.05) is 35.9 Å². The van der Waals surface area contributed by atoms with Crippen molar-refractivity contribution in [3.8, 4) is 0 Å². The van der Waals surface area contributed by atoms with E-state index in [4.69, 9.17) is 17.7 Å². The summed E-state index contributed by atoms with van der Waals surface area (Å²) in [5.41, 5.74) is 0.505. The lowest BCUT2D eigenvalue weighted by Crippen LogP contribution is -2.44. The molecule has 1 atom stereocenters. The number of nitrogens with one attached hydrogen (secondary N) is 1. The number of likely N-dealkylation sites (tertiary alicyclic amines) is 1. The van der Waals surface area contributed by atoms with Gasteiger partial charge in [-0.2, -0.15) is 0 Å². The second kappa shape index (κ2) is 8.42. The summed E-state index contributed by atoms with van der Waals surface area (Å²) in [5, 5.41) is 13.4. The standard InChI is InChI=1S/C18H21ClFN3O3/c19-17-13(5-3-7-15(17)20)11-21-18(24)22-9-4-6-14(22)12-26-16-8-1-2-10-23(16)25/h1-3,5,7-8,14,25H,4,6,9-12H2,(H,21,24)/t14-/m0/s1/i8D. The van der Waals surface area contributed by atoms with Crippen molar-refractivity contribution in [1.82, 2.24) is 15.3 Å². The van der Waals surface area contributed by atoms with Crippen molar-refractivity contribution in [2.45, 2.75) is 25.4 Å². The number of rotatable bonds is 5. The summed E-state index contributed by atoms with van der Waals surface area (Å²) >= 11 is 5.91. The molecule has 0 bridgehead atoms. The van der Waals surface area contributed by atoms with Crippen LogP contribution in [-0.4, -0.2) is 46.9 Å². The normalized spacial score (nSPS) is 20.4. The number of carbonyl (C=O) groups excluding carboxylic acids is 1. The minimum atomic E-state index is -0.523. The Morgan fingerprint density at radius 1 is 1.54 bits per heavy atom. The first kappa shape index (κ1) is 17.2. The summed E-state index contributed by atoms with van der Waals surface area (Å²) in [6.45, 7) is 1.13. The van der Waals surface area contributed by atoms with Crippen molar-refractivity contribution in [2.24, 2.45) is 0 Å². The van der Waals surface area contributed by atoms with E-state index in [0.29, 0.717) is 12.1 Å². The number of urea groups is 1. The third kappa shape index (κ3) is 4.28. The Bertz CT molecular complexity index is 774. The van der Waals surface area contributed by atoms with E-state index in [0.717, 1.165) is 17.9 Å². The van der Waals surface area contributed by atoms with Gasteiger partial charge in [0.2, 0.25) is 5.88 Å². The highest BCUT2D eigenvalue weighted by molar-refractivity contribution is 6.31. The van der Waals surface area contributed by atoms with Crippen LogP contribution in [0.25, 0.3) is 0 Å². The van der Waals surface area contributed by atoms with Gasteiger partial charge in [-0.05, 0) is 24.5 Å². The Morgan fingerprint density at radius 2 is 2.38 bits per heavy atom. The van der Waals surface area contributed by atoms with Gasteiger partial charge < -0.3 is 15.0 Å². The third-order valence-electron chi connectivity index (χ3n) is 4.35. The van der Waals surface area contributed by atoms with Crippen molar-refractivity contribution in [3.05, 3.63) is 58.7 Å². The molecule has 0 saturated carbocycles. The maximum absolute atomic E-state index is 13.5. The van der Waals surface area contributed by atoms with E-state index in [1.165, 1.54) is 6.07 Å². The first-order valence-corrected chi connectivity index (χ1v) is 8.79. The molecular formula is C18H21ClFN3O3. The number of carbonyl (C=O) groups is 1. The highest BCUT2D eigenvalue weighted by Gasteiger charge is 2.29. The Balaban J connectivity index is 1.56. The lowest BCUT2D eigenvalue weighted by atomic mass is 10.2. The monoisotopic (exact) mass is 382 g/mol. The van der Waals surface area contributed by atoms with Gasteiger partial charge in [0.25, 0.3) is 0 Å². The molecule has 1 saturated heterocycles. The van der Waals surface area contributed by atoms with E-state index in [9.17, 15) is 14.4 Å². The van der Waals surface area contributed by atoms with Gasteiger partial charge in [-0.3, -0.25) is 5.21 Å². The summed E-state index contributed by atoms with van der Waals surface area (Å²) in [4.78, 5) is 14.2. The number of benzene rings is 1. The van der Waals surface area contributed by atoms with Crippen LogP contribution in [0, 0.1) is 5.82 Å². The van der Waals surface area contributed by atoms with Crippen LogP contribution in [0.5, 0.6) is 0 Å². The Labute approximate surface area is 157 Å². The molecule has 3 rings (SSSR count). The van der Waals surface area contributed by atoms with E-state index in [1.54, 1.807) is 29.2 Å². The molecule has 1 aromatic rings. The maximum atomic E-state index is 13.5. The molecule has 0 unspecified atom stereocenters. The van der Waals surface area contributed by atoms with Crippen LogP contribution in [0.3, 0.4) is 0 Å². The van der Waals surface area contributed by atoms with Crippen LogP contribution in [-0.2, 0) is 11.3 Å². The van der Waals surface area contributed by atoms with E-state index in [2.05, 4.69) is 5.32 Å². The number of amides is 2. The molecule has 2 aliphatic rings. The number of hydroxylamine groups is 2. The van der Waals surface area contributed by atoms with Crippen LogP contribution in [0.15, 0.2) is 42.3 Å². The van der Waals surface area contributed by atoms with Crippen LogP contribution in [0.1, 0.15) is 19.8 Å². The number of hydrogen-bond acceptors (Lipinski definition) is 4. The molecule has 0 radical (unpaired) electrons. The Morgan fingerprint density at radius 3 is 3.19 bits per heavy atom. The lowest BCUT2D eigenvalue weighted by Gasteiger charge is -2.27. The van der Waals surface area contributed by atoms with Crippen LogP contribution in [0.2, 0.25) is 5.02 Å². The summed E-state index contributed by atoms with van der Waals surface area (Å²) < 4.78 is 26.9. The smallest absolute Gasteiger partial charge is 0.318 e. The number of ether oxygens (including phenoxy) is 1. The van der Waals surface area contributed by atoms with Crippen LogP contribution in [0.4, 0.5) is 9.18 Å². The zero-order chi connectivity index (χ0) is 19.4.